The molecule has 298 valence electrons. The molecule has 0 bridgehead atoms. The third-order valence-electron chi connectivity index (χ3n) is 12.9. The highest BCUT2D eigenvalue weighted by molar-refractivity contribution is 6.21. The van der Waals surface area contributed by atoms with Crippen LogP contribution in [-0.4, -0.2) is 64.8 Å². The van der Waals surface area contributed by atoms with Crippen molar-refractivity contribution in [3.63, 3.8) is 0 Å². The maximum Gasteiger partial charge on any atom is 0.404 e. The Balaban J connectivity index is 1.12. The van der Waals surface area contributed by atoms with E-state index in [2.05, 4.69) is 18.3 Å². The molecule has 0 unspecified atom stereocenters. The molecule has 0 saturated heterocycles. The third-order valence-corrected chi connectivity index (χ3v) is 12.9. The van der Waals surface area contributed by atoms with Crippen molar-refractivity contribution in [2.24, 2.45) is 20.0 Å². The summed E-state index contributed by atoms with van der Waals surface area (Å²) in [5.41, 5.74) is 4.76. The Morgan fingerprint density at radius 1 is 0.377 bits per heavy atom. The van der Waals surface area contributed by atoms with Gasteiger partial charge in [0.25, 0.3) is 23.3 Å². The van der Waals surface area contributed by atoms with Crippen LogP contribution in [0.2, 0.25) is 0 Å². The highest BCUT2D eigenvalue weighted by Gasteiger charge is 2.70. The molecular formula is C45H32N8O8+2. The fourth-order valence-corrected chi connectivity index (χ4v) is 10.9. The normalized spacial score (nSPS) is 22.5. The minimum Gasteiger partial charge on any atom is -0.449 e. The molecule has 4 aromatic carbocycles. The average molecular weight is 813 g/mol. The molecular weight excluding hydrogens is 781 g/mol. The first-order chi connectivity index (χ1) is 29.0. The van der Waals surface area contributed by atoms with Crippen LogP contribution >= 0.6 is 0 Å². The minimum atomic E-state index is -1.29. The summed E-state index contributed by atoms with van der Waals surface area (Å²) < 4.78 is 59.8. The first kappa shape index (κ1) is 31.5. The first-order valence-electron chi connectivity index (χ1n) is 20.4. The molecule has 0 amide bonds. The Kier molecular flexibility index (Phi) is 4.53. The average Bonchev–Trinajstić information content (AvgIpc) is 4.04. The predicted octanol–water partition coefficient (Wildman–Crippen LogP) is 5.74. The third kappa shape index (κ3) is 3.35. The van der Waals surface area contributed by atoms with E-state index in [1.54, 1.807) is 0 Å². The van der Waals surface area contributed by atoms with Crippen LogP contribution in [0.4, 0.5) is 11.6 Å². The van der Waals surface area contributed by atoms with Gasteiger partial charge in [0.15, 0.2) is 46.0 Å². The fourth-order valence-electron chi connectivity index (χ4n) is 10.9. The molecule has 16 heteroatoms. The number of fused-ring (bicyclic) bond motifs is 16. The summed E-state index contributed by atoms with van der Waals surface area (Å²) in [7, 11) is 0. The van der Waals surface area contributed by atoms with Crippen molar-refractivity contribution in [2.45, 2.75) is 84.4 Å². The number of benzene rings is 4. The molecule has 6 aromatic rings. The van der Waals surface area contributed by atoms with E-state index in [0.717, 1.165) is 43.8 Å². The number of hydrogen-bond acceptors (Lipinski definition) is 12. The summed E-state index contributed by atoms with van der Waals surface area (Å²) in [4.78, 5) is 22.4. The molecule has 61 heavy (non-hydrogen) atoms. The molecule has 10 aliphatic rings. The monoisotopic (exact) mass is 812 g/mol. The summed E-state index contributed by atoms with van der Waals surface area (Å²) in [5.74, 6) is 4.44. The van der Waals surface area contributed by atoms with Crippen molar-refractivity contribution in [1.82, 2.24) is 9.13 Å². The van der Waals surface area contributed by atoms with Crippen molar-refractivity contribution in [1.29, 1.82) is 0 Å². The molecule has 0 aliphatic carbocycles. The van der Waals surface area contributed by atoms with E-state index in [1.807, 2.05) is 104 Å². The molecule has 16 nitrogen and oxygen atoms in total. The largest absolute Gasteiger partial charge is 0.449 e. The number of rotatable bonds is 0. The van der Waals surface area contributed by atoms with Gasteiger partial charge in [0.1, 0.15) is 0 Å². The quantitative estimate of drug-likeness (QED) is 0.177. The van der Waals surface area contributed by atoms with Gasteiger partial charge >= 0.3 is 5.91 Å². The topological polar surface area (TPSA) is 139 Å². The summed E-state index contributed by atoms with van der Waals surface area (Å²) in [5, 5.41) is 3.39. The molecule has 0 saturated carbocycles. The number of amidine groups is 4. The standard InChI is InChI=1S/C45H32N8O8/c1-41(2)54-25-9-17-18(10-26(25)55-41)34-47-36-20-12-28-30(59-43(5,6)57-28)14-22(20)38-49-40-24-16-32-31(60-44(7,8)61-32)15-23(24)39-48-37-21-13-29-27(56-42(3,4)58-29)11-19(21)35-46-33(17)50(34)45(51(35)37,52(36)38)53(39)40/h9-16H,1-8H3/q+2. The van der Waals surface area contributed by atoms with Crippen molar-refractivity contribution < 1.29 is 47.0 Å². The first-order valence-corrected chi connectivity index (χ1v) is 20.4. The van der Waals surface area contributed by atoms with Gasteiger partial charge in [0.2, 0.25) is 45.8 Å². The van der Waals surface area contributed by atoms with E-state index in [4.69, 9.17) is 57.9 Å². The van der Waals surface area contributed by atoms with E-state index in [1.165, 1.54) is 0 Å². The molecule has 2 aromatic heterocycles. The van der Waals surface area contributed by atoms with Crippen molar-refractivity contribution in [3.8, 4) is 46.0 Å². The van der Waals surface area contributed by atoms with Crippen LogP contribution in [0.1, 0.15) is 77.6 Å². The van der Waals surface area contributed by atoms with Gasteiger partial charge in [0, 0.05) is 55.4 Å². The van der Waals surface area contributed by atoms with Gasteiger partial charge in [-0.2, -0.15) is 9.13 Å². The lowest BCUT2D eigenvalue weighted by atomic mass is 10.1. The molecule has 1 spiro atoms. The number of hydrogen-bond donors (Lipinski definition) is 0. The van der Waals surface area contributed by atoms with Crippen molar-refractivity contribution in [2.75, 3.05) is 0 Å². The van der Waals surface area contributed by atoms with Crippen LogP contribution in [-0.2, 0) is 5.91 Å². The minimum absolute atomic E-state index is 0.630. The Morgan fingerprint density at radius 2 is 0.689 bits per heavy atom. The summed E-state index contributed by atoms with van der Waals surface area (Å²) >= 11 is 0. The predicted molar refractivity (Wildman–Crippen MR) is 215 cm³/mol. The second-order valence-electron chi connectivity index (χ2n) is 18.8. The van der Waals surface area contributed by atoms with Gasteiger partial charge in [-0.1, -0.05) is 20.0 Å². The molecule has 12 heterocycles. The number of aliphatic imine (C=N–C) groups is 2. The van der Waals surface area contributed by atoms with Gasteiger partial charge < -0.3 is 37.9 Å². The summed E-state index contributed by atoms with van der Waals surface area (Å²) in [6.45, 7) is 15.2. The maximum atomic E-state index is 6.37. The SMILES string of the molecule is CC1(C)Oc2cc3c(cc2O1)C1=[N+]2C3=Nc3c4cc5c(cc4c4n3C23n2c(c6cc7c(cc6c2=NC2=[N+]3C(=N4)c3cc4c(cc32)OC(C)(C)O4)OC(C)(C)O7)=N1)OC(C)(C)O5. The Hall–Kier alpha value is -7.36. The zero-order chi connectivity index (χ0) is 40.8. The summed E-state index contributed by atoms with van der Waals surface area (Å²) in [6, 6.07) is 16.2. The number of nitrogens with zero attached hydrogens (tertiary/aromatic N) is 8. The second-order valence-corrected chi connectivity index (χ2v) is 18.8. The van der Waals surface area contributed by atoms with Crippen LogP contribution < -0.4 is 48.9 Å². The van der Waals surface area contributed by atoms with E-state index in [-0.39, 0.29) is 0 Å². The number of ether oxygens (including phenoxy) is 8. The lowest BCUT2D eigenvalue weighted by Crippen LogP contribution is -2.71. The van der Waals surface area contributed by atoms with Crippen LogP contribution in [0.3, 0.4) is 0 Å². The summed E-state index contributed by atoms with van der Waals surface area (Å²) in [6.07, 6.45) is 0. The maximum absolute atomic E-state index is 6.37. The lowest BCUT2D eigenvalue weighted by Gasteiger charge is -2.40. The second kappa shape index (κ2) is 8.75. The van der Waals surface area contributed by atoms with Crippen LogP contribution in [0.5, 0.6) is 46.0 Å². The Morgan fingerprint density at radius 3 is 1.05 bits per heavy atom. The van der Waals surface area contributed by atoms with Crippen LogP contribution in [0.25, 0.3) is 21.5 Å². The Labute approximate surface area is 344 Å². The number of aromatic nitrogens is 2. The van der Waals surface area contributed by atoms with Crippen molar-refractivity contribution >= 4 is 56.5 Å². The van der Waals surface area contributed by atoms with Crippen LogP contribution in [0, 0.1) is 0 Å². The van der Waals surface area contributed by atoms with Crippen molar-refractivity contribution in [3.05, 3.63) is 81.8 Å². The molecule has 0 N–H and O–H groups in total. The Bertz CT molecular complexity index is 3450. The highest BCUT2D eigenvalue weighted by atomic mass is 16.7. The molecule has 10 aliphatic heterocycles. The van der Waals surface area contributed by atoms with Gasteiger partial charge in [-0.05, 0) is 48.5 Å². The molecule has 0 radical (unpaired) electrons. The highest BCUT2D eigenvalue weighted by Crippen LogP contribution is 2.57. The molecule has 16 rings (SSSR count). The van der Waals surface area contributed by atoms with E-state index in [0.29, 0.717) is 91.9 Å². The van der Waals surface area contributed by atoms with E-state index in [9.17, 15) is 0 Å². The van der Waals surface area contributed by atoms with Gasteiger partial charge in [-0.15, -0.1) is 9.15 Å². The van der Waals surface area contributed by atoms with Crippen LogP contribution in [0.15, 0.2) is 68.5 Å². The van der Waals surface area contributed by atoms with E-state index < -0.39 is 29.1 Å². The van der Waals surface area contributed by atoms with Gasteiger partial charge in [-0.25, -0.2) is 0 Å². The van der Waals surface area contributed by atoms with Gasteiger partial charge in [-0.3, -0.25) is 0 Å². The van der Waals surface area contributed by atoms with E-state index >= 15 is 0 Å². The smallest absolute Gasteiger partial charge is 0.404 e. The van der Waals surface area contributed by atoms with Gasteiger partial charge in [0.05, 0.1) is 43.8 Å². The molecule has 0 fully saturated rings. The zero-order valence-electron chi connectivity index (χ0n) is 34.0. The fraction of sp³-hybridized carbons (Fsp3) is 0.289. The zero-order valence-corrected chi connectivity index (χ0v) is 34.0. The molecule has 0 atom stereocenters. The lowest BCUT2D eigenvalue weighted by molar-refractivity contribution is -0.790.